The fourth-order valence-electron chi connectivity index (χ4n) is 8.86. The highest BCUT2D eigenvalue weighted by Crippen LogP contribution is 2.54. The summed E-state index contributed by atoms with van der Waals surface area (Å²) < 4.78 is 2.48. The van der Waals surface area contributed by atoms with Crippen molar-refractivity contribution in [2.75, 3.05) is 0 Å². The Morgan fingerprint density at radius 2 is 0.780 bits per heavy atom. The molecule has 3 nitrogen and oxygen atoms in total. The first-order chi connectivity index (χ1) is 29.3. The van der Waals surface area contributed by atoms with Crippen LogP contribution in [0.1, 0.15) is 0 Å². The predicted molar refractivity (Wildman–Crippen MR) is 246 cm³/mol. The third kappa shape index (κ3) is 5.91. The van der Waals surface area contributed by atoms with Crippen LogP contribution in [0.15, 0.2) is 224 Å². The van der Waals surface area contributed by atoms with Crippen LogP contribution in [0.3, 0.4) is 0 Å². The monoisotopic (exact) mass is 751 g/mol. The van der Waals surface area contributed by atoms with Gasteiger partial charge in [-0.3, -0.25) is 0 Å². The molecule has 0 bridgehead atoms. The standard InChI is InChI=1S/C56H37N3/c1-6-21-38(22-7-1)49-50(39-23-8-2-9-24-39)52(41-27-12-4-13-28-41)55-53(51(49)40-25-10-3-11-26-40)46-34-17-19-36-48(46)59(55)44-32-20-31-43(37-44)56-57-47-35-18-16-33-45(47)54(58-56)42-29-14-5-15-30-42/h1-37H. The molecule has 0 amide bonds. The summed E-state index contributed by atoms with van der Waals surface area (Å²) >= 11 is 0. The van der Waals surface area contributed by atoms with Crippen LogP contribution in [0, 0.1) is 0 Å². The summed E-state index contributed by atoms with van der Waals surface area (Å²) in [6, 6.07) is 80.0. The van der Waals surface area contributed by atoms with Crippen LogP contribution in [0.25, 0.3) is 106 Å². The Kier molecular flexibility index (Phi) is 8.49. The summed E-state index contributed by atoms with van der Waals surface area (Å²) in [4.78, 5) is 10.5. The molecular weight excluding hydrogens is 715 g/mol. The zero-order valence-corrected chi connectivity index (χ0v) is 32.2. The van der Waals surface area contributed by atoms with E-state index < -0.39 is 0 Å². The van der Waals surface area contributed by atoms with E-state index in [9.17, 15) is 0 Å². The van der Waals surface area contributed by atoms with Crippen molar-refractivity contribution in [1.82, 2.24) is 14.5 Å². The topological polar surface area (TPSA) is 30.7 Å². The van der Waals surface area contributed by atoms with Crippen LogP contribution >= 0.6 is 0 Å². The highest BCUT2D eigenvalue weighted by molar-refractivity contribution is 6.26. The highest BCUT2D eigenvalue weighted by atomic mass is 15.0. The number of rotatable bonds is 7. The molecule has 0 aliphatic carbocycles. The molecule has 0 saturated carbocycles. The zero-order valence-electron chi connectivity index (χ0n) is 32.2. The van der Waals surface area contributed by atoms with Gasteiger partial charge in [0.15, 0.2) is 5.82 Å². The minimum Gasteiger partial charge on any atom is -0.309 e. The van der Waals surface area contributed by atoms with Crippen LogP contribution in [0.5, 0.6) is 0 Å². The maximum Gasteiger partial charge on any atom is 0.160 e. The lowest BCUT2D eigenvalue weighted by atomic mass is 9.80. The van der Waals surface area contributed by atoms with E-state index in [0.29, 0.717) is 5.82 Å². The molecule has 59 heavy (non-hydrogen) atoms. The average Bonchev–Trinajstić information content (AvgIpc) is 3.66. The van der Waals surface area contributed by atoms with Crippen LogP contribution in [0.4, 0.5) is 0 Å². The van der Waals surface area contributed by atoms with Crippen LogP contribution in [-0.4, -0.2) is 14.5 Å². The second kappa shape index (κ2) is 14.6. The summed E-state index contributed by atoms with van der Waals surface area (Å²) in [5.41, 5.74) is 16.6. The Bertz CT molecular complexity index is 3280. The summed E-state index contributed by atoms with van der Waals surface area (Å²) in [7, 11) is 0. The molecule has 11 aromatic rings. The van der Waals surface area contributed by atoms with E-state index in [2.05, 4.69) is 217 Å². The van der Waals surface area contributed by atoms with Crippen molar-refractivity contribution in [3.05, 3.63) is 224 Å². The van der Waals surface area contributed by atoms with Crippen molar-refractivity contribution in [2.45, 2.75) is 0 Å². The smallest absolute Gasteiger partial charge is 0.160 e. The number of hydrogen-bond donors (Lipinski definition) is 0. The Morgan fingerprint density at radius 3 is 1.39 bits per heavy atom. The molecule has 0 aliphatic rings. The van der Waals surface area contributed by atoms with Gasteiger partial charge in [-0.05, 0) is 52.1 Å². The maximum absolute atomic E-state index is 5.29. The average molecular weight is 752 g/mol. The maximum atomic E-state index is 5.29. The molecule has 0 spiro atoms. The van der Waals surface area contributed by atoms with Gasteiger partial charge in [0.2, 0.25) is 0 Å². The van der Waals surface area contributed by atoms with Gasteiger partial charge in [-0.25, -0.2) is 9.97 Å². The van der Waals surface area contributed by atoms with Crippen molar-refractivity contribution < 1.29 is 0 Å². The van der Waals surface area contributed by atoms with Gasteiger partial charge in [0, 0.05) is 49.7 Å². The third-order valence-electron chi connectivity index (χ3n) is 11.4. The van der Waals surface area contributed by atoms with Gasteiger partial charge in [0.05, 0.1) is 22.2 Å². The summed E-state index contributed by atoms with van der Waals surface area (Å²) in [6.45, 7) is 0. The number of fused-ring (bicyclic) bond motifs is 4. The molecule has 9 aromatic carbocycles. The molecule has 0 aliphatic heterocycles. The van der Waals surface area contributed by atoms with Gasteiger partial charge < -0.3 is 4.57 Å². The Hall–Kier alpha value is -7.88. The second-order valence-corrected chi connectivity index (χ2v) is 14.9. The number of hydrogen-bond acceptors (Lipinski definition) is 2. The van der Waals surface area contributed by atoms with E-state index in [0.717, 1.165) is 55.6 Å². The number of para-hydroxylation sites is 2. The van der Waals surface area contributed by atoms with E-state index >= 15 is 0 Å². The van der Waals surface area contributed by atoms with Crippen molar-refractivity contribution in [3.63, 3.8) is 0 Å². The van der Waals surface area contributed by atoms with Gasteiger partial charge in [0.25, 0.3) is 0 Å². The molecule has 276 valence electrons. The molecule has 0 atom stereocenters. The Morgan fingerprint density at radius 1 is 0.322 bits per heavy atom. The number of benzene rings is 9. The number of aromatic nitrogens is 3. The first-order valence-corrected chi connectivity index (χ1v) is 20.1. The SMILES string of the molecule is c1ccc(-c2c(-c3ccccc3)c(-c3ccccc3)c3c(c2-c2ccccc2)c2ccccc2n3-c2cccc(-c3nc(-c4ccccc4)c4ccccc4n3)c2)cc1. The highest BCUT2D eigenvalue weighted by Gasteiger charge is 2.29. The molecule has 2 heterocycles. The minimum atomic E-state index is 0.690. The molecule has 0 radical (unpaired) electrons. The minimum absolute atomic E-state index is 0.690. The van der Waals surface area contributed by atoms with Gasteiger partial charge in [-0.1, -0.05) is 200 Å². The van der Waals surface area contributed by atoms with Gasteiger partial charge >= 0.3 is 0 Å². The molecule has 3 heteroatoms. The predicted octanol–water partition coefficient (Wildman–Crippen LogP) is 14.7. The van der Waals surface area contributed by atoms with E-state index in [1.165, 1.54) is 44.2 Å². The third-order valence-corrected chi connectivity index (χ3v) is 11.4. The summed E-state index contributed by atoms with van der Waals surface area (Å²) in [6.07, 6.45) is 0. The molecule has 0 fully saturated rings. The van der Waals surface area contributed by atoms with Crippen molar-refractivity contribution >= 4 is 32.7 Å². The lowest BCUT2D eigenvalue weighted by Crippen LogP contribution is -2.01. The molecule has 11 rings (SSSR count). The van der Waals surface area contributed by atoms with E-state index in [1.807, 2.05) is 12.1 Å². The quantitative estimate of drug-likeness (QED) is 0.162. The van der Waals surface area contributed by atoms with Crippen molar-refractivity contribution in [3.8, 4) is 72.8 Å². The molecular formula is C56H37N3. The van der Waals surface area contributed by atoms with Gasteiger partial charge in [0.1, 0.15) is 0 Å². The van der Waals surface area contributed by atoms with Crippen LogP contribution in [-0.2, 0) is 0 Å². The first-order valence-electron chi connectivity index (χ1n) is 20.1. The fourth-order valence-corrected chi connectivity index (χ4v) is 8.86. The second-order valence-electron chi connectivity index (χ2n) is 14.9. The van der Waals surface area contributed by atoms with Crippen LogP contribution in [0.2, 0.25) is 0 Å². The van der Waals surface area contributed by atoms with Gasteiger partial charge in [-0.15, -0.1) is 0 Å². The van der Waals surface area contributed by atoms with E-state index in [4.69, 9.17) is 9.97 Å². The van der Waals surface area contributed by atoms with E-state index in [1.54, 1.807) is 0 Å². The Balaban J connectivity index is 1.30. The van der Waals surface area contributed by atoms with E-state index in [-0.39, 0.29) is 0 Å². The summed E-state index contributed by atoms with van der Waals surface area (Å²) in [5.74, 6) is 0.690. The molecule has 0 unspecified atom stereocenters. The molecule has 0 N–H and O–H groups in total. The lowest BCUT2D eigenvalue weighted by Gasteiger charge is -2.24. The fraction of sp³-hybridized carbons (Fsp3) is 0. The van der Waals surface area contributed by atoms with Crippen molar-refractivity contribution in [2.24, 2.45) is 0 Å². The van der Waals surface area contributed by atoms with Crippen molar-refractivity contribution in [1.29, 1.82) is 0 Å². The molecule has 2 aromatic heterocycles. The Labute approximate surface area is 343 Å². The largest absolute Gasteiger partial charge is 0.309 e. The van der Waals surface area contributed by atoms with Gasteiger partial charge in [-0.2, -0.15) is 0 Å². The normalized spacial score (nSPS) is 11.4. The lowest BCUT2D eigenvalue weighted by molar-refractivity contribution is 1.17. The first kappa shape index (κ1) is 34.4. The number of nitrogens with zero attached hydrogens (tertiary/aromatic N) is 3. The zero-order chi connectivity index (χ0) is 39.1. The molecule has 0 saturated heterocycles. The summed E-state index contributed by atoms with van der Waals surface area (Å²) in [5, 5.41) is 3.43. The van der Waals surface area contributed by atoms with Crippen LogP contribution < -0.4 is 0 Å².